The minimum atomic E-state index is -0.750. The first-order chi connectivity index (χ1) is 11.7. The molecule has 0 aliphatic rings. The predicted octanol–water partition coefficient (Wildman–Crippen LogP) is 4.46. The maximum atomic E-state index is 13.7. The molecule has 2 aromatic carbocycles. The van der Waals surface area contributed by atoms with E-state index in [1.807, 2.05) is 0 Å². The van der Waals surface area contributed by atoms with Crippen molar-refractivity contribution in [2.45, 2.75) is 26.3 Å². The highest BCUT2D eigenvalue weighted by Gasteiger charge is 2.29. The van der Waals surface area contributed by atoms with Crippen molar-refractivity contribution >= 4 is 29.2 Å². The zero-order chi connectivity index (χ0) is 18.6. The highest BCUT2D eigenvalue weighted by Crippen LogP contribution is 2.20. The maximum absolute atomic E-state index is 13.7. The topological polar surface area (TPSA) is 61.4 Å². The van der Waals surface area contributed by atoms with Crippen LogP contribution in [0.1, 0.15) is 31.1 Å². The molecule has 0 radical (unpaired) electrons. The van der Waals surface area contributed by atoms with Crippen molar-refractivity contribution < 1.29 is 14.0 Å². The van der Waals surface area contributed by atoms with Crippen molar-refractivity contribution in [2.24, 2.45) is 0 Å². The predicted molar refractivity (Wildman–Crippen MR) is 95.9 cm³/mol. The van der Waals surface area contributed by atoms with Crippen LogP contribution in [0, 0.1) is 5.82 Å². The Morgan fingerprint density at radius 3 is 2.32 bits per heavy atom. The van der Waals surface area contributed by atoms with E-state index in [-0.39, 0.29) is 16.6 Å². The average molecular weight is 364 g/mol. The molecule has 3 amide bonds. The van der Waals surface area contributed by atoms with E-state index in [4.69, 9.17) is 11.6 Å². The van der Waals surface area contributed by atoms with Gasteiger partial charge in [-0.2, -0.15) is 0 Å². The molecule has 0 fully saturated rings. The van der Waals surface area contributed by atoms with Crippen LogP contribution in [0.5, 0.6) is 0 Å². The summed E-state index contributed by atoms with van der Waals surface area (Å²) in [5.74, 6) is -1.01. The Morgan fingerprint density at radius 2 is 1.72 bits per heavy atom. The van der Waals surface area contributed by atoms with Crippen molar-refractivity contribution in [1.29, 1.82) is 0 Å². The van der Waals surface area contributed by atoms with Gasteiger partial charge < -0.3 is 5.32 Å². The Labute approximate surface area is 150 Å². The van der Waals surface area contributed by atoms with Crippen LogP contribution >= 0.6 is 11.6 Å². The number of nitrogens with one attached hydrogen (secondary N) is 2. The summed E-state index contributed by atoms with van der Waals surface area (Å²) in [5.41, 5.74) is 2.12. The summed E-state index contributed by atoms with van der Waals surface area (Å²) in [5, 5.41) is 3.83. The van der Waals surface area contributed by atoms with E-state index in [1.54, 1.807) is 51.1 Å². The fraction of sp³-hybridized carbons (Fsp3) is 0.222. The second-order valence-corrected chi connectivity index (χ2v) is 6.80. The van der Waals surface area contributed by atoms with E-state index in [2.05, 4.69) is 10.7 Å². The number of nitrogens with zero attached hydrogens (tertiary/aromatic N) is 1. The summed E-state index contributed by atoms with van der Waals surface area (Å²) in [6, 6.07) is 11.6. The molecule has 0 atom stereocenters. The minimum Gasteiger partial charge on any atom is -0.304 e. The molecule has 0 saturated carbocycles. The lowest BCUT2D eigenvalue weighted by molar-refractivity contribution is 0.0460. The first-order valence-corrected chi connectivity index (χ1v) is 7.98. The highest BCUT2D eigenvalue weighted by atomic mass is 35.5. The summed E-state index contributed by atoms with van der Waals surface area (Å²) in [4.78, 5) is 24.9. The summed E-state index contributed by atoms with van der Waals surface area (Å²) < 4.78 is 13.7. The first kappa shape index (κ1) is 18.7. The van der Waals surface area contributed by atoms with E-state index >= 15 is 0 Å². The van der Waals surface area contributed by atoms with E-state index in [0.717, 1.165) is 6.07 Å². The van der Waals surface area contributed by atoms with Crippen LogP contribution in [0.3, 0.4) is 0 Å². The molecule has 0 heterocycles. The molecule has 7 heteroatoms. The van der Waals surface area contributed by atoms with Gasteiger partial charge in [0, 0.05) is 10.6 Å². The maximum Gasteiger partial charge on any atom is 0.338 e. The van der Waals surface area contributed by atoms with Crippen molar-refractivity contribution in [1.82, 2.24) is 10.4 Å². The number of hydrogen-bond acceptors (Lipinski definition) is 2. The van der Waals surface area contributed by atoms with Crippen LogP contribution in [0.2, 0.25) is 5.02 Å². The molecular formula is C18H19ClFN3O2. The van der Waals surface area contributed by atoms with Gasteiger partial charge in [-0.25, -0.2) is 19.6 Å². The van der Waals surface area contributed by atoms with Crippen molar-refractivity contribution in [3.8, 4) is 0 Å². The molecule has 0 unspecified atom stereocenters. The lowest BCUT2D eigenvalue weighted by atomic mass is 10.1. The second-order valence-electron chi connectivity index (χ2n) is 6.37. The van der Waals surface area contributed by atoms with Crippen LogP contribution in [-0.2, 0) is 0 Å². The number of hydrogen-bond donors (Lipinski definition) is 2. The number of halogens is 2. The molecule has 0 bridgehead atoms. The summed E-state index contributed by atoms with van der Waals surface area (Å²) in [6.07, 6.45) is 0. The van der Waals surface area contributed by atoms with Gasteiger partial charge in [-0.3, -0.25) is 4.79 Å². The summed E-state index contributed by atoms with van der Waals surface area (Å²) in [6.45, 7) is 5.32. The number of benzene rings is 2. The van der Waals surface area contributed by atoms with Gasteiger partial charge in [-0.1, -0.05) is 29.8 Å². The minimum absolute atomic E-state index is 0.0778. The third-order valence-corrected chi connectivity index (χ3v) is 3.52. The van der Waals surface area contributed by atoms with Crippen molar-refractivity contribution in [2.75, 3.05) is 5.32 Å². The number of carbonyl (C=O) groups is 2. The van der Waals surface area contributed by atoms with E-state index in [9.17, 15) is 14.0 Å². The smallest absolute Gasteiger partial charge is 0.304 e. The average Bonchev–Trinajstić information content (AvgIpc) is 2.55. The highest BCUT2D eigenvalue weighted by molar-refractivity contribution is 6.30. The Bertz CT molecular complexity index is 776. The second kappa shape index (κ2) is 7.53. The van der Waals surface area contributed by atoms with Crippen LogP contribution < -0.4 is 10.7 Å². The Balaban J connectivity index is 2.18. The normalized spacial score (nSPS) is 10.9. The van der Waals surface area contributed by atoms with Crippen LogP contribution in [0.15, 0.2) is 48.5 Å². The third-order valence-electron chi connectivity index (χ3n) is 3.28. The monoisotopic (exact) mass is 363 g/mol. The van der Waals surface area contributed by atoms with Gasteiger partial charge in [0.25, 0.3) is 5.91 Å². The van der Waals surface area contributed by atoms with Gasteiger partial charge in [0.15, 0.2) is 0 Å². The molecule has 132 valence electrons. The number of rotatable bonds is 2. The van der Waals surface area contributed by atoms with Gasteiger partial charge in [0.05, 0.1) is 11.2 Å². The van der Waals surface area contributed by atoms with E-state index in [1.165, 1.54) is 17.1 Å². The lowest BCUT2D eigenvalue weighted by Gasteiger charge is -2.35. The molecule has 2 N–H and O–H groups in total. The first-order valence-electron chi connectivity index (χ1n) is 7.61. The standard InChI is InChI=1S/C18H19ClFN3O2/c1-18(2,3)23(16(24)12-7-5-4-6-8-12)22-17(25)21-15-11-13(19)9-10-14(15)20/h4-11H,1-3H3,(H2,21,22,25). The Kier molecular flexibility index (Phi) is 5.64. The molecule has 5 nitrogen and oxygen atoms in total. The number of amides is 3. The van der Waals surface area contributed by atoms with Crippen molar-refractivity contribution in [3.63, 3.8) is 0 Å². The fourth-order valence-corrected chi connectivity index (χ4v) is 2.25. The zero-order valence-electron chi connectivity index (χ0n) is 14.1. The number of anilines is 1. The van der Waals surface area contributed by atoms with E-state index in [0.29, 0.717) is 5.56 Å². The fourth-order valence-electron chi connectivity index (χ4n) is 2.08. The Hall–Kier alpha value is -2.60. The molecule has 0 aliphatic carbocycles. The molecular weight excluding hydrogens is 345 g/mol. The van der Waals surface area contributed by atoms with Crippen LogP contribution in [0.4, 0.5) is 14.9 Å². The van der Waals surface area contributed by atoms with Gasteiger partial charge in [-0.15, -0.1) is 0 Å². The third kappa shape index (κ3) is 4.93. The zero-order valence-corrected chi connectivity index (χ0v) is 14.9. The Morgan fingerprint density at radius 1 is 1.08 bits per heavy atom. The van der Waals surface area contributed by atoms with Crippen LogP contribution in [0.25, 0.3) is 0 Å². The summed E-state index contributed by atoms with van der Waals surface area (Å²) >= 11 is 5.81. The lowest BCUT2D eigenvalue weighted by Crippen LogP contribution is -2.56. The van der Waals surface area contributed by atoms with Gasteiger partial charge in [-0.05, 0) is 51.1 Å². The number of hydrazine groups is 1. The van der Waals surface area contributed by atoms with E-state index < -0.39 is 17.4 Å². The number of urea groups is 1. The summed E-state index contributed by atoms with van der Waals surface area (Å²) in [7, 11) is 0. The SMILES string of the molecule is CC(C)(C)N(NC(=O)Nc1cc(Cl)ccc1F)C(=O)c1ccccc1. The molecule has 25 heavy (non-hydrogen) atoms. The van der Waals surface area contributed by atoms with Gasteiger partial charge in [0.1, 0.15) is 5.82 Å². The largest absolute Gasteiger partial charge is 0.338 e. The molecule has 0 aliphatic heterocycles. The number of carbonyl (C=O) groups excluding carboxylic acids is 2. The van der Waals surface area contributed by atoms with Crippen LogP contribution in [-0.4, -0.2) is 22.5 Å². The molecule has 0 saturated heterocycles. The van der Waals surface area contributed by atoms with Gasteiger partial charge >= 0.3 is 6.03 Å². The molecule has 2 aromatic rings. The van der Waals surface area contributed by atoms with Gasteiger partial charge in [0.2, 0.25) is 0 Å². The quantitative estimate of drug-likeness (QED) is 0.774. The molecule has 2 rings (SSSR count). The molecule has 0 spiro atoms. The molecule has 0 aromatic heterocycles. The van der Waals surface area contributed by atoms with Crippen molar-refractivity contribution in [3.05, 3.63) is 64.9 Å².